The van der Waals surface area contributed by atoms with E-state index in [1.54, 1.807) is 4.68 Å². The molecule has 1 aliphatic heterocycles. The highest BCUT2D eigenvalue weighted by atomic mass is 35.5. The molecule has 1 aliphatic rings. The van der Waals surface area contributed by atoms with Gasteiger partial charge in [-0.25, -0.2) is 0 Å². The number of piperidine rings is 1. The lowest BCUT2D eigenvalue weighted by molar-refractivity contribution is 0.0670. The Bertz CT molecular complexity index is 442. The van der Waals surface area contributed by atoms with E-state index in [2.05, 4.69) is 5.10 Å². The van der Waals surface area contributed by atoms with E-state index < -0.39 is 0 Å². The standard InChI is InChI=1S/C14H22ClN3O/c1-3-13-12(10-17(2)16-13)14(19)18-8-4-5-11(9-18)6-7-15/h10-11H,3-9H2,1-2H3. The van der Waals surface area contributed by atoms with Crippen LogP contribution in [-0.2, 0) is 13.5 Å². The van der Waals surface area contributed by atoms with Gasteiger partial charge in [0.1, 0.15) is 0 Å². The Morgan fingerprint density at radius 1 is 1.58 bits per heavy atom. The van der Waals surface area contributed by atoms with Crippen molar-refractivity contribution < 1.29 is 4.79 Å². The smallest absolute Gasteiger partial charge is 0.257 e. The first-order valence-electron chi connectivity index (χ1n) is 7.03. The Balaban J connectivity index is 2.10. The van der Waals surface area contributed by atoms with Crippen LogP contribution in [0, 0.1) is 5.92 Å². The number of hydrogen-bond acceptors (Lipinski definition) is 2. The van der Waals surface area contributed by atoms with Crippen molar-refractivity contribution in [3.8, 4) is 0 Å². The number of likely N-dealkylation sites (tertiary alicyclic amines) is 1. The van der Waals surface area contributed by atoms with Crippen molar-refractivity contribution >= 4 is 17.5 Å². The fourth-order valence-electron chi connectivity index (χ4n) is 2.78. The van der Waals surface area contributed by atoms with Crippen LogP contribution in [0.1, 0.15) is 42.2 Å². The highest BCUT2D eigenvalue weighted by Crippen LogP contribution is 2.22. The molecule has 1 atom stereocenters. The lowest BCUT2D eigenvalue weighted by Crippen LogP contribution is -2.40. The van der Waals surface area contributed by atoms with Crippen LogP contribution >= 0.6 is 11.6 Å². The van der Waals surface area contributed by atoms with Gasteiger partial charge in [0.25, 0.3) is 5.91 Å². The van der Waals surface area contributed by atoms with Crippen molar-refractivity contribution in [1.29, 1.82) is 0 Å². The largest absolute Gasteiger partial charge is 0.338 e. The molecule has 5 heteroatoms. The van der Waals surface area contributed by atoms with E-state index >= 15 is 0 Å². The van der Waals surface area contributed by atoms with E-state index in [0.29, 0.717) is 11.8 Å². The van der Waals surface area contributed by atoms with Gasteiger partial charge >= 0.3 is 0 Å². The van der Waals surface area contributed by atoms with Gasteiger partial charge < -0.3 is 4.90 Å². The molecule has 1 aromatic heterocycles. The third-order valence-electron chi connectivity index (χ3n) is 3.79. The number of rotatable bonds is 4. The number of carbonyl (C=O) groups is 1. The zero-order valence-electron chi connectivity index (χ0n) is 11.7. The summed E-state index contributed by atoms with van der Waals surface area (Å²) in [6, 6.07) is 0. The number of carbonyl (C=O) groups excluding carboxylic acids is 1. The molecule has 0 radical (unpaired) electrons. The Kier molecular flexibility index (Phi) is 4.86. The minimum atomic E-state index is 0.129. The van der Waals surface area contributed by atoms with E-state index in [1.807, 2.05) is 25.1 Å². The summed E-state index contributed by atoms with van der Waals surface area (Å²) in [6.07, 6.45) is 5.89. The van der Waals surface area contributed by atoms with Gasteiger partial charge in [0.2, 0.25) is 0 Å². The first-order valence-corrected chi connectivity index (χ1v) is 7.57. The van der Waals surface area contributed by atoms with Crippen molar-refractivity contribution in [2.45, 2.75) is 32.6 Å². The monoisotopic (exact) mass is 283 g/mol. The molecule has 1 amide bonds. The third kappa shape index (κ3) is 3.30. The molecule has 1 saturated heterocycles. The molecular weight excluding hydrogens is 262 g/mol. The summed E-state index contributed by atoms with van der Waals surface area (Å²) in [5.41, 5.74) is 1.66. The lowest BCUT2D eigenvalue weighted by Gasteiger charge is -2.32. The van der Waals surface area contributed by atoms with Crippen molar-refractivity contribution in [2.75, 3.05) is 19.0 Å². The number of hydrogen-bond donors (Lipinski definition) is 0. The maximum atomic E-state index is 12.6. The van der Waals surface area contributed by atoms with Crippen molar-refractivity contribution in [2.24, 2.45) is 13.0 Å². The van der Waals surface area contributed by atoms with Crippen molar-refractivity contribution in [1.82, 2.24) is 14.7 Å². The van der Waals surface area contributed by atoms with Gasteiger partial charge in [-0.15, -0.1) is 11.6 Å². The second-order valence-corrected chi connectivity index (χ2v) is 5.63. The van der Waals surface area contributed by atoms with Gasteiger partial charge in [-0.1, -0.05) is 6.92 Å². The SMILES string of the molecule is CCc1nn(C)cc1C(=O)N1CCCC(CCCl)C1. The van der Waals surface area contributed by atoms with Crippen LogP contribution in [0.4, 0.5) is 0 Å². The number of halogens is 1. The topological polar surface area (TPSA) is 38.1 Å². The molecular formula is C14H22ClN3O. The normalized spacial score (nSPS) is 19.7. The highest BCUT2D eigenvalue weighted by Gasteiger charge is 2.26. The lowest BCUT2D eigenvalue weighted by atomic mass is 9.95. The summed E-state index contributed by atoms with van der Waals surface area (Å²) < 4.78 is 1.73. The molecule has 0 aromatic carbocycles. The fourth-order valence-corrected chi connectivity index (χ4v) is 3.09. The van der Waals surface area contributed by atoms with Crippen LogP contribution < -0.4 is 0 Å². The van der Waals surface area contributed by atoms with E-state index in [1.165, 1.54) is 6.42 Å². The molecule has 19 heavy (non-hydrogen) atoms. The van der Waals surface area contributed by atoms with Gasteiger partial charge in [0.05, 0.1) is 11.3 Å². The second kappa shape index (κ2) is 6.42. The summed E-state index contributed by atoms with van der Waals surface area (Å²) in [7, 11) is 1.86. The minimum Gasteiger partial charge on any atom is -0.338 e. The van der Waals surface area contributed by atoms with Gasteiger partial charge in [0.15, 0.2) is 0 Å². The van der Waals surface area contributed by atoms with Crippen molar-refractivity contribution in [3.05, 3.63) is 17.5 Å². The Morgan fingerprint density at radius 2 is 2.37 bits per heavy atom. The van der Waals surface area contributed by atoms with E-state index in [-0.39, 0.29) is 5.91 Å². The molecule has 2 rings (SSSR count). The van der Waals surface area contributed by atoms with Crippen LogP contribution in [0.25, 0.3) is 0 Å². The molecule has 0 N–H and O–H groups in total. The first kappa shape index (κ1) is 14.4. The predicted octanol–water partition coefficient (Wildman–Crippen LogP) is 2.46. The minimum absolute atomic E-state index is 0.129. The Labute approximate surface area is 119 Å². The number of nitrogens with zero attached hydrogens (tertiary/aromatic N) is 3. The van der Waals surface area contributed by atoms with E-state index in [0.717, 1.165) is 43.6 Å². The molecule has 1 fully saturated rings. The third-order valence-corrected chi connectivity index (χ3v) is 4.01. The number of amides is 1. The summed E-state index contributed by atoms with van der Waals surface area (Å²) in [6.45, 7) is 3.73. The van der Waals surface area contributed by atoms with Crippen LogP contribution in [0.2, 0.25) is 0 Å². The first-order chi connectivity index (χ1) is 9.15. The zero-order chi connectivity index (χ0) is 13.8. The molecule has 0 bridgehead atoms. The van der Waals surface area contributed by atoms with Gasteiger partial charge in [0, 0.05) is 32.2 Å². The maximum Gasteiger partial charge on any atom is 0.257 e. The second-order valence-electron chi connectivity index (χ2n) is 5.25. The quantitative estimate of drug-likeness (QED) is 0.796. The molecule has 4 nitrogen and oxygen atoms in total. The summed E-state index contributed by atoms with van der Waals surface area (Å²) >= 11 is 5.81. The van der Waals surface area contributed by atoms with Gasteiger partial charge in [-0.2, -0.15) is 5.10 Å². The van der Waals surface area contributed by atoms with Gasteiger partial charge in [-0.05, 0) is 31.6 Å². The summed E-state index contributed by atoms with van der Waals surface area (Å²) in [5.74, 6) is 1.36. The number of aromatic nitrogens is 2. The molecule has 2 heterocycles. The summed E-state index contributed by atoms with van der Waals surface area (Å²) in [5, 5.41) is 4.35. The average Bonchev–Trinajstić information content (AvgIpc) is 2.80. The molecule has 1 unspecified atom stereocenters. The maximum absolute atomic E-state index is 12.6. The Hall–Kier alpha value is -1.03. The average molecular weight is 284 g/mol. The van der Waals surface area contributed by atoms with Crippen LogP contribution in [0.3, 0.4) is 0 Å². The fraction of sp³-hybridized carbons (Fsp3) is 0.714. The van der Waals surface area contributed by atoms with Crippen molar-refractivity contribution in [3.63, 3.8) is 0 Å². The molecule has 1 aromatic rings. The van der Waals surface area contributed by atoms with Gasteiger partial charge in [-0.3, -0.25) is 9.48 Å². The Morgan fingerprint density at radius 3 is 3.05 bits per heavy atom. The van der Waals surface area contributed by atoms with Crippen LogP contribution in [0.5, 0.6) is 0 Å². The summed E-state index contributed by atoms with van der Waals surface area (Å²) in [4.78, 5) is 14.6. The van der Waals surface area contributed by atoms with E-state index in [9.17, 15) is 4.79 Å². The molecule has 0 aliphatic carbocycles. The van der Waals surface area contributed by atoms with Crippen LogP contribution in [0.15, 0.2) is 6.20 Å². The van der Waals surface area contributed by atoms with E-state index in [4.69, 9.17) is 11.6 Å². The highest BCUT2D eigenvalue weighted by molar-refractivity contribution is 6.17. The molecule has 106 valence electrons. The zero-order valence-corrected chi connectivity index (χ0v) is 12.5. The molecule has 0 saturated carbocycles. The van der Waals surface area contributed by atoms with Crippen LogP contribution in [-0.4, -0.2) is 39.6 Å². The predicted molar refractivity (Wildman–Crippen MR) is 76.6 cm³/mol. The molecule has 0 spiro atoms. The number of aryl methyl sites for hydroxylation is 2. The number of alkyl halides is 1.